The summed E-state index contributed by atoms with van der Waals surface area (Å²) in [6, 6.07) is 6.60. The highest BCUT2D eigenvalue weighted by molar-refractivity contribution is 5.92. The fraction of sp³-hybridized carbons (Fsp3) is 0.333. The molecule has 6 nitrogen and oxygen atoms in total. The number of urea groups is 1. The van der Waals surface area contributed by atoms with Gasteiger partial charge in [0.1, 0.15) is 5.75 Å². The average Bonchev–Trinajstić information content (AvgIpc) is 2.95. The lowest BCUT2D eigenvalue weighted by Gasteiger charge is -2.21. The van der Waals surface area contributed by atoms with Crippen LogP contribution in [-0.2, 0) is 4.79 Å². The van der Waals surface area contributed by atoms with Crippen molar-refractivity contribution in [2.24, 2.45) is 5.92 Å². The van der Waals surface area contributed by atoms with E-state index in [0.29, 0.717) is 17.9 Å². The lowest BCUT2D eigenvalue weighted by molar-refractivity contribution is -0.140. The maximum atomic E-state index is 12.2. The van der Waals surface area contributed by atoms with Crippen LogP contribution in [0.15, 0.2) is 36.4 Å². The molecule has 21 heavy (non-hydrogen) atoms. The fourth-order valence-corrected chi connectivity index (χ4v) is 2.18. The minimum Gasteiger partial charge on any atom is -0.497 e. The van der Waals surface area contributed by atoms with E-state index in [-0.39, 0.29) is 12.1 Å². The third-order valence-corrected chi connectivity index (χ3v) is 3.45. The SMILES string of the molecule is COc1cccc(N(C)C(=O)NC2C=CC(C(=O)O)C2)c1. The summed E-state index contributed by atoms with van der Waals surface area (Å²) in [5.74, 6) is -0.736. The molecule has 2 unspecified atom stereocenters. The van der Waals surface area contributed by atoms with Gasteiger partial charge in [0.2, 0.25) is 0 Å². The number of carboxylic acids is 1. The van der Waals surface area contributed by atoms with Crippen molar-refractivity contribution in [1.29, 1.82) is 0 Å². The van der Waals surface area contributed by atoms with Gasteiger partial charge in [0.15, 0.2) is 0 Å². The number of aliphatic carboxylic acids is 1. The van der Waals surface area contributed by atoms with E-state index in [1.807, 2.05) is 0 Å². The van der Waals surface area contributed by atoms with E-state index >= 15 is 0 Å². The molecule has 1 aliphatic rings. The van der Waals surface area contributed by atoms with Crippen molar-refractivity contribution in [3.8, 4) is 5.75 Å². The van der Waals surface area contributed by atoms with Crippen molar-refractivity contribution in [3.05, 3.63) is 36.4 Å². The summed E-state index contributed by atoms with van der Waals surface area (Å²) >= 11 is 0. The second-order valence-corrected chi connectivity index (χ2v) is 4.88. The number of methoxy groups -OCH3 is 1. The van der Waals surface area contributed by atoms with Crippen molar-refractivity contribution in [3.63, 3.8) is 0 Å². The summed E-state index contributed by atoms with van der Waals surface area (Å²) in [7, 11) is 3.21. The maximum absolute atomic E-state index is 12.2. The maximum Gasteiger partial charge on any atom is 0.322 e. The van der Waals surface area contributed by atoms with Gasteiger partial charge in [-0.2, -0.15) is 0 Å². The Morgan fingerprint density at radius 1 is 1.38 bits per heavy atom. The molecule has 1 aliphatic carbocycles. The Bertz CT molecular complexity index is 571. The van der Waals surface area contributed by atoms with E-state index in [4.69, 9.17) is 9.84 Å². The van der Waals surface area contributed by atoms with Gasteiger partial charge >= 0.3 is 12.0 Å². The molecule has 1 aromatic rings. The van der Waals surface area contributed by atoms with Crippen LogP contribution in [-0.4, -0.2) is 37.3 Å². The molecule has 0 bridgehead atoms. The highest BCUT2D eigenvalue weighted by atomic mass is 16.5. The molecule has 2 amide bonds. The largest absolute Gasteiger partial charge is 0.497 e. The number of amides is 2. The van der Waals surface area contributed by atoms with Gasteiger partial charge in [-0.3, -0.25) is 9.69 Å². The van der Waals surface area contributed by atoms with Crippen LogP contribution < -0.4 is 15.0 Å². The molecular weight excluding hydrogens is 272 g/mol. The topological polar surface area (TPSA) is 78.9 Å². The molecule has 0 fully saturated rings. The zero-order valence-electron chi connectivity index (χ0n) is 11.9. The van der Waals surface area contributed by atoms with Crippen LogP contribution in [0.2, 0.25) is 0 Å². The highest BCUT2D eigenvalue weighted by Crippen LogP contribution is 2.21. The number of carbonyl (C=O) groups is 2. The molecule has 1 aromatic carbocycles. The van der Waals surface area contributed by atoms with E-state index < -0.39 is 11.9 Å². The first-order valence-electron chi connectivity index (χ1n) is 6.60. The first-order valence-corrected chi connectivity index (χ1v) is 6.60. The lowest BCUT2D eigenvalue weighted by atomic mass is 10.1. The number of nitrogens with one attached hydrogen (secondary N) is 1. The van der Waals surface area contributed by atoms with Crippen LogP contribution in [0.4, 0.5) is 10.5 Å². The van der Waals surface area contributed by atoms with E-state index in [0.717, 1.165) is 0 Å². The third-order valence-electron chi connectivity index (χ3n) is 3.45. The number of anilines is 1. The summed E-state index contributed by atoms with van der Waals surface area (Å²) in [6.45, 7) is 0. The number of hydrogen-bond donors (Lipinski definition) is 2. The van der Waals surface area contributed by atoms with E-state index in [1.165, 1.54) is 4.90 Å². The number of carboxylic acid groups (broad SMARTS) is 1. The molecule has 112 valence electrons. The quantitative estimate of drug-likeness (QED) is 0.830. The molecule has 0 radical (unpaired) electrons. The van der Waals surface area contributed by atoms with E-state index in [1.54, 1.807) is 50.6 Å². The van der Waals surface area contributed by atoms with Gasteiger partial charge in [-0.15, -0.1) is 0 Å². The number of ether oxygens (including phenoxy) is 1. The van der Waals surface area contributed by atoms with E-state index in [9.17, 15) is 9.59 Å². The molecule has 0 saturated heterocycles. The van der Waals surface area contributed by atoms with Gasteiger partial charge < -0.3 is 15.2 Å². The van der Waals surface area contributed by atoms with Gasteiger partial charge in [-0.05, 0) is 18.6 Å². The van der Waals surface area contributed by atoms with Crippen LogP contribution in [0.5, 0.6) is 5.75 Å². The van der Waals surface area contributed by atoms with Gasteiger partial charge in [0.05, 0.1) is 19.1 Å². The molecular formula is C15H18N2O4. The van der Waals surface area contributed by atoms with Crippen molar-refractivity contribution >= 4 is 17.7 Å². The Kier molecular flexibility index (Phi) is 4.47. The molecule has 2 rings (SSSR count). The van der Waals surface area contributed by atoms with Gasteiger partial charge in [-0.1, -0.05) is 18.2 Å². The molecule has 0 spiro atoms. The summed E-state index contributed by atoms with van der Waals surface area (Å²) in [6.07, 6.45) is 3.71. The Balaban J connectivity index is 1.97. The van der Waals surface area contributed by atoms with Crippen LogP contribution in [0, 0.1) is 5.92 Å². The Morgan fingerprint density at radius 2 is 2.14 bits per heavy atom. The first-order chi connectivity index (χ1) is 10.0. The number of benzene rings is 1. The monoisotopic (exact) mass is 290 g/mol. The zero-order chi connectivity index (χ0) is 15.4. The Labute approximate surface area is 123 Å². The van der Waals surface area contributed by atoms with Crippen molar-refractivity contribution in [2.75, 3.05) is 19.1 Å². The number of carbonyl (C=O) groups excluding carboxylic acids is 1. The van der Waals surface area contributed by atoms with Crippen LogP contribution in [0.3, 0.4) is 0 Å². The minimum absolute atomic E-state index is 0.258. The number of rotatable bonds is 4. The second-order valence-electron chi connectivity index (χ2n) is 4.88. The average molecular weight is 290 g/mol. The Hall–Kier alpha value is -2.50. The third kappa shape index (κ3) is 3.53. The van der Waals surface area contributed by atoms with Gasteiger partial charge in [0, 0.05) is 18.8 Å². The summed E-state index contributed by atoms with van der Waals surface area (Å²) in [5.41, 5.74) is 0.698. The van der Waals surface area contributed by atoms with Crippen molar-refractivity contribution in [1.82, 2.24) is 5.32 Å². The molecule has 0 saturated carbocycles. The Morgan fingerprint density at radius 3 is 2.76 bits per heavy atom. The minimum atomic E-state index is -0.871. The molecule has 0 aromatic heterocycles. The smallest absolute Gasteiger partial charge is 0.322 e. The summed E-state index contributed by atoms with van der Waals surface area (Å²) in [5, 5.41) is 11.7. The zero-order valence-corrected chi connectivity index (χ0v) is 11.9. The second kappa shape index (κ2) is 6.30. The summed E-state index contributed by atoms with van der Waals surface area (Å²) < 4.78 is 5.12. The first kappa shape index (κ1) is 14.9. The standard InChI is InChI=1S/C15H18N2O4/c1-17(12-4-3-5-13(9-12)21-2)15(20)16-11-7-6-10(8-11)14(18)19/h3-7,9-11H,8H2,1-2H3,(H,16,20)(H,18,19). The van der Waals surface area contributed by atoms with Crippen LogP contribution in [0.25, 0.3) is 0 Å². The predicted octanol–water partition coefficient (Wildman–Crippen LogP) is 1.87. The normalized spacial score (nSPS) is 20.1. The molecule has 2 N–H and O–H groups in total. The van der Waals surface area contributed by atoms with Crippen LogP contribution >= 0.6 is 0 Å². The number of nitrogens with zero attached hydrogens (tertiary/aromatic N) is 1. The lowest BCUT2D eigenvalue weighted by Crippen LogP contribution is -2.42. The fourth-order valence-electron chi connectivity index (χ4n) is 2.18. The predicted molar refractivity (Wildman–Crippen MR) is 78.6 cm³/mol. The molecule has 0 aliphatic heterocycles. The highest BCUT2D eigenvalue weighted by Gasteiger charge is 2.26. The molecule has 6 heteroatoms. The van der Waals surface area contributed by atoms with E-state index in [2.05, 4.69) is 5.32 Å². The van der Waals surface area contributed by atoms with Gasteiger partial charge in [-0.25, -0.2) is 4.79 Å². The van der Waals surface area contributed by atoms with Crippen molar-refractivity contribution in [2.45, 2.75) is 12.5 Å². The molecule has 0 heterocycles. The molecule has 2 atom stereocenters. The number of hydrogen-bond acceptors (Lipinski definition) is 3. The van der Waals surface area contributed by atoms with Crippen LogP contribution in [0.1, 0.15) is 6.42 Å². The van der Waals surface area contributed by atoms with Crippen molar-refractivity contribution < 1.29 is 19.4 Å². The van der Waals surface area contributed by atoms with Gasteiger partial charge in [0.25, 0.3) is 0 Å². The summed E-state index contributed by atoms with van der Waals surface area (Å²) in [4.78, 5) is 24.5.